The Morgan fingerprint density at radius 2 is 1.96 bits per heavy atom. The fourth-order valence-corrected chi connectivity index (χ4v) is 2.22. The van der Waals surface area contributed by atoms with Crippen LogP contribution < -0.4 is 4.74 Å². The van der Waals surface area contributed by atoms with Crippen LogP contribution in [-0.4, -0.2) is 51.6 Å². The Morgan fingerprint density at radius 1 is 1.20 bits per heavy atom. The average Bonchev–Trinajstić information content (AvgIpc) is 3.17. The predicted octanol–water partition coefficient (Wildman–Crippen LogP) is 2.16. The average molecular weight is 341 g/mol. The van der Waals surface area contributed by atoms with Crippen LogP contribution >= 0.6 is 0 Å². The minimum absolute atomic E-state index is 0.156. The van der Waals surface area contributed by atoms with Crippen molar-refractivity contribution < 1.29 is 13.9 Å². The predicted molar refractivity (Wildman–Crippen MR) is 88.5 cm³/mol. The molecule has 3 aromatic rings. The molecule has 1 heterocycles. The second-order valence-electron chi connectivity index (χ2n) is 5.32. The van der Waals surface area contributed by atoms with Crippen LogP contribution in [0, 0.1) is 5.82 Å². The lowest BCUT2D eigenvalue weighted by atomic mass is 10.1. The fourth-order valence-electron chi connectivity index (χ4n) is 2.22. The summed E-state index contributed by atoms with van der Waals surface area (Å²) in [7, 11) is 1.67. The first-order valence-corrected chi connectivity index (χ1v) is 7.62. The molecule has 7 nitrogen and oxygen atoms in total. The topological polar surface area (TPSA) is 84.0 Å². The minimum Gasteiger partial charge on any atom is -0.489 e. The molecule has 0 atom stereocenters. The number of hydrogen-bond donors (Lipinski definition) is 1. The van der Waals surface area contributed by atoms with E-state index in [1.54, 1.807) is 49.5 Å². The third-order valence-electron chi connectivity index (χ3n) is 3.60. The third-order valence-corrected chi connectivity index (χ3v) is 3.60. The lowest BCUT2D eigenvalue weighted by molar-refractivity contribution is 0.0773. The molecule has 0 aliphatic rings. The molecule has 1 N–H and O–H groups in total. The van der Waals surface area contributed by atoms with Crippen LogP contribution in [0.15, 0.2) is 48.5 Å². The summed E-state index contributed by atoms with van der Waals surface area (Å²) in [5.41, 5.74) is 1.29. The number of aromatic amines is 1. The number of ether oxygens (including phenoxy) is 1. The van der Waals surface area contributed by atoms with Crippen LogP contribution in [0.4, 0.5) is 4.39 Å². The van der Waals surface area contributed by atoms with Gasteiger partial charge in [0.2, 0.25) is 5.82 Å². The Hall–Kier alpha value is -3.29. The van der Waals surface area contributed by atoms with Gasteiger partial charge in [-0.15, -0.1) is 10.2 Å². The molecule has 0 unspecified atom stereocenters. The number of carbonyl (C=O) groups excluding carboxylic acids is 1. The van der Waals surface area contributed by atoms with E-state index < -0.39 is 5.82 Å². The van der Waals surface area contributed by atoms with Gasteiger partial charge in [0.25, 0.3) is 5.91 Å². The highest BCUT2D eigenvalue weighted by Gasteiger charge is 2.13. The summed E-state index contributed by atoms with van der Waals surface area (Å²) in [5, 5.41) is 13.6. The molecule has 128 valence electrons. The van der Waals surface area contributed by atoms with Gasteiger partial charge >= 0.3 is 0 Å². The van der Waals surface area contributed by atoms with Crippen molar-refractivity contribution in [2.75, 3.05) is 20.2 Å². The van der Waals surface area contributed by atoms with Gasteiger partial charge in [-0.25, -0.2) is 4.39 Å². The van der Waals surface area contributed by atoms with Gasteiger partial charge in [-0.1, -0.05) is 24.3 Å². The Bertz CT molecular complexity index is 837. The van der Waals surface area contributed by atoms with Gasteiger partial charge in [-0.2, -0.15) is 5.21 Å². The molecule has 25 heavy (non-hydrogen) atoms. The number of aromatic nitrogens is 4. The van der Waals surface area contributed by atoms with Crippen molar-refractivity contribution in [1.82, 2.24) is 25.5 Å². The lowest BCUT2D eigenvalue weighted by Gasteiger charge is -2.17. The first kappa shape index (κ1) is 16.6. The molecule has 8 heteroatoms. The van der Waals surface area contributed by atoms with Crippen molar-refractivity contribution in [2.45, 2.75) is 0 Å². The van der Waals surface area contributed by atoms with E-state index in [0.29, 0.717) is 17.9 Å². The van der Waals surface area contributed by atoms with E-state index in [1.165, 1.54) is 11.0 Å². The monoisotopic (exact) mass is 341 g/mol. The van der Waals surface area contributed by atoms with Crippen LogP contribution in [0.2, 0.25) is 0 Å². The number of hydrogen-bond acceptors (Lipinski definition) is 5. The Morgan fingerprint density at radius 3 is 2.64 bits per heavy atom. The van der Waals surface area contributed by atoms with Gasteiger partial charge in [0.15, 0.2) is 11.6 Å². The van der Waals surface area contributed by atoms with Crippen molar-refractivity contribution in [3.05, 3.63) is 59.9 Å². The second-order valence-corrected chi connectivity index (χ2v) is 5.32. The normalized spacial score (nSPS) is 10.5. The Labute approximate surface area is 143 Å². The van der Waals surface area contributed by atoms with Crippen molar-refractivity contribution in [3.63, 3.8) is 0 Å². The molecular formula is C17H16FN5O2. The maximum atomic E-state index is 13.5. The van der Waals surface area contributed by atoms with Crippen molar-refractivity contribution in [2.24, 2.45) is 0 Å². The number of halogens is 1. The minimum atomic E-state index is -0.423. The summed E-state index contributed by atoms with van der Waals surface area (Å²) in [6.45, 7) is 0.532. The van der Waals surface area contributed by atoms with Crippen molar-refractivity contribution in [1.29, 1.82) is 0 Å². The highest BCUT2D eigenvalue weighted by atomic mass is 19.1. The third kappa shape index (κ3) is 3.97. The number of nitrogens with one attached hydrogen (secondary N) is 1. The molecule has 0 bridgehead atoms. The maximum Gasteiger partial charge on any atom is 0.253 e. The number of tetrazole rings is 1. The smallest absolute Gasteiger partial charge is 0.253 e. The molecule has 2 aromatic carbocycles. The number of nitrogens with zero attached hydrogens (tertiary/aromatic N) is 4. The number of carbonyl (C=O) groups is 1. The SMILES string of the molecule is CN(CCOc1ccccc1F)C(=O)c1ccc(-c2nn[nH]n2)cc1. The fraction of sp³-hybridized carbons (Fsp3) is 0.176. The van der Waals surface area contributed by atoms with Gasteiger partial charge in [-0.3, -0.25) is 4.79 Å². The van der Waals surface area contributed by atoms with Gasteiger partial charge in [0, 0.05) is 18.2 Å². The number of likely N-dealkylation sites (N-methyl/N-ethyl adjacent to an activating group) is 1. The van der Waals surface area contributed by atoms with Gasteiger partial charge in [-0.05, 0) is 29.5 Å². The number of rotatable bonds is 6. The van der Waals surface area contributed by atoms with Gasteiger partial charge < -0.3 is 9.64 Å². The number of para-hydroxylation sites is 1. The summed E-state index contributed by atoms with van der Waals surface area (Å²) < 4.78 is 18.8. The Balaban J connectivity index is 1.56. The second kappa shape index (κ2) is 7.52. The molecule has 0 radical (unpaired) electrons. The van der Waals surface area contributed by atoms with Crippen molar-refractivity contribution in [3.8, 4) is 17.1 Å². The molecule has 1 aromatic heterocycles. The van der Waals surface area contributed by atoms with Gasteiger partial charge in [0.1, 0.15) is 6.61 Å². The first-order valence-electron chi connectivity index (χ1n) is 7.62. The zero-order chi connectivity index (χ0) is 17.6. The van der Waals surface area contributed by atoms with Crippen LogP contribution in [0.25, 0.3) is 11.4 Å². The summed E-state index contributed by atoms with van der Waals surface area (Å²) in [6.07, 6.45) is 0. The Kier molecular flexibility index (Phi) is 4.98. The highest BCUT2D eigenvalue weighted by molar-refractivity contribution is 5.94. The van der Waals surface area contributed by atoms with Crippen LogP contribution in [-0.2, 0) is 0 Å². The van der Waals surface area contributed by atoms with E-state index in [2.05, 4.69) is 20.6 Å². The zero-order valence-corrected chi connectivity index (χ0v) is 13.5. The molecule has 0 fully saturated rings. The summed E-state index contributed by atoms with van der Waals surface area (Å²) in [5.74, 6) is 0.0591. The molecule has 3 rings (SSSR count). The molecular weight excluding hydrogens is 325 g/mol. The molecule has 0 aliphatic heterocycles. The number of amides is 1. The lowest BCUT2D eigenvalue weighted by Crippen LogP contribution is -2.30. The summed E-state index contributed by atoms with van der Waals surface area (Å²) in [6, 6.07) is 13.1. The van der Waals surface area contributed by atoms with E-state index in [4.69, 9.17) is 4.74 Å². The van der Waals surface area contributed by atoms with E-state index in [9.17, 15) is 9.18 Å². The summed E-state index contributed by atoms with van der Waals surface area (Å²) in [4.78, 5) is 13.9. The highest BCUT2D eigenvalue weighted by Crippen LogP contribution is 2.16. The standard InChI is InChI=1S/C17H16FN5O2/c1-23(10-11-25-15-5-3-2-4-14(15)18)17(24)13-8-6-12(7-9-13)16-19-21-22-20-16/h2-9H,10-11H2,1H3,(H,19,20,21,22). The van der Waals surface area contributed by atoms with Crippen LogP contribution in [0.1, 0.15) is 10.4 Å². The zero-order valence-electron chi connectivity index (χ0n) is 13.5. The summed E-state index contributed by atoms with van der Waals surface area (Å²) >= 11 is 0. The maximum absolute atomic E-state index is 13.5. The van der Waals surface area contributed by atoms with E-state index in [-0.39, 0.29) is 18.3 Å². The van der Waals surface area contributed by atoms with Gasteiger partial charge in [0.05, 0.1) is 6.54 Å². The van der Waals surface area contributed by atoms with Crippen molar-refractivity contribution >= 4 is 5.91 Å². The largest absolute Gasteiger partial charge is 0.489 e. The molecule has 0 saturated carbocycles. The van der Waals surface area contributed by atoms with Crippen LogP contribution in [0.5, 0.6) is 5.75 Å². The quantitative estimate of drug-likeness (QED) is 0.743. The number of benzene rings is 2. The number of H-pyrrole nitrogens is 1. The van der Waals surface area contributed by atoms with E-state index in [0.717, 1.165) is 5.56 Å². The van der Waals surface area contributed by atoms with E-state index >= 15 is 0 Å². The van der Waals surface area contributed by atoms with Crippen LogP contribution in [0.3, 0.4) is 0 Å². The molecule has 0 aliphatic carbocycles. The molecule has 0 saturated heterocycles. The molecule has 1 amide bonds. The van der Waals surface area contributed by atoms with E-state index in [1.807, 2.05) is 0 Å². The molecule has 0 spiro atoms. The first-order chi connectivity index (χ1) is 12.1.